The van der Waals surface area contributed by atoms with E-state index in [1.807, 2.05) is 11.3 Å². The number of anilines is 1. The first-order chi connectivity index (χ1) is 6.61. The molecule has 0 bridgehead atoms. The Kier molecular flexibility index (Phi) is 2.16. The Morgan fingerprint density at radius 1 is 1.57 bits per heavy atom. The number of nitrogens with two attached hydrogens (primary N) is 2. The molecule has 4 N–H and O–H groups in total. The van der Waals surface area contributed by atoms with Crippen LogP contribution in [0.5, 0.6) is 0 Å². The maximum Gasteiger partial charge on any atom is 0.150 e. The molecule has 0 saturated carbocycles. The van der Waals surface area contributed by atoms with Crippen LogP contribution in [0.1, 0.15) is 18.8 Å². The number of aromatic nitrogens is 3. The van der Waals surface area contributed by atoms with Gasteiger partial charge in [0.15, 0.2) is 5.82 Å². The summed E-state index contributed by atoms with van der Waals surface area (Å²) in [6.07, 6.45) is 3.42. The number of halogens is 1. The second kappa shape index (κ2) is 3.21. The van der Waals surface area contributed by atoms with Crippen molar-refractivity contribution in [3.63, 3.8) is 0 Å². The molecule has 0 saturated heterocycles. The van der Waals surface area contributed by atoms with Crippen molar-refractivity contribution in [2.24, 2.45) is 5.73 Å². The first-order valence-corrected chi connectivity index (χ1v) is 4.94. The smallest absolute Gasteiger partial charge is 0.150 e. The van der Waals surface area contributed by atoms with Crippen molar-refractivity contribution in [2.75, 3.05) is 5.73 Å². The molecule has 1 atom stereocenters. The highest BCUT2D eigenvalue weighted by Gasteiger charge is 2.14. The number of nitrogens with zero attached hydrogens (tertiary/aromatic N) is 3. The fourth-order valence-corrected chi connectivity index (χ4v) is 1.94. The van der Waals surface area contributed by atoms with E-state index in [0.29, 0.717) is 10.4 Å². The molecule has 0 radical (unpaired) electrons. The molecule has 2 aromatic rings. The molecule has 1 unspecified atom stereocenters. The average Bonchev–Trinajstić information content (AvgIpc) is 2.45. The van der Waals surface area contributed by atoms with Gasteiger partial charge in [0.1, 0.15) is 15.9 Å². The first-order valence-electron chi connectivity index (χ1n) is 4.14. The summed E-state index contributed by atoms with van der Waals surface area (Å²) in [5.41, 5.74) is 12.3. The molecule has 0 aromatic carbocycles. The summed E-state index contributed by atoms with van der Waals surface area (Å²) in [6, 6.07) is -0.143. The van der Waals surface area contributed by atoms with E-state index in [4.69, 9.17) is 11.5 Å². The minimum absolute atomic E-state index is 0.143. The Morgan fingerprint density at radius 3 is 2.93 bits per heavy atom. The van der Waals surface area contributed by atoms with Gasteiger partial charge >= 0.3 is 0 Å². The highest BCUT2D eigenvalue weighted by atomic mass is 79.9. The lowest BCUT2D eigenvalue weighted by Crippen LogP contribution is -2.10. The molecule has 74 valence electrons. The number of hydrogen-bond acceptors (Lipinski definition) is 4. The standard InChI is InChI=1S/C8H10BrN5/c1-4(10)8-13-6(9)5-7(11)12-2-3-14(5)8/h2-4H,10H2,1H3,(H2,11,12). The maximum atomic E-state index is 5.78. The van der Waals surface area contributed by atoms with Gasteiger partial charge in [-0.1, -0.05) is 0 Å². The predicted molar refractivity (Wildman–Crippen MR) is 57.7 cm³/mol. The molecule has 2 rings (SSSR count). The highest BCUT2D eigenvalue weighted by molar-refractivity contribution is 9.10. The van der Waals surface area contributed by atoms with E-state index in [2.05, 4.69) is 25.9 Å². The third kappa shape index (κ3) is 1.27. The van der Waals surface area contributed by atoms with Crippen LogP contribution >= 0.6 is 15.9 Å². The highest BCUT2D eigenvalue weighted by Crippen LogP contribution is 2.24. The van der Waals surface area contributed by atoms with E-state index in [1.54, 1.807) is 12.4 Å². The second-order valence-corrected chi connectivity index (χ2v) is 3.83. The first kappa shape index (κ1) is 9.42. The summed E-state index contributed by atoms with van der Waals surface area (Å²) in [6.45, 7) is 1.87. The van der Waals surface area contributed by atoms with Gasteiger partial charge in [0.2, 0.25) is 0 Å². The summed E-state index contributed by atoms with van der Waals surface area (Å²) < 4.78 is 2.52. The fourth-order valence-electron chi connectivity index (χ4n) is 1.36. The summed E-state index contributed by atoms with van der Waals surface area (Å²) in [4.78, 5) is 8.27. The molecule has 2 heterocycles. The molecule has 2 aromatic heterocycles. The van der Waals surface area contributed by atoms with Crippen LogP contribution in [0.25, 0.3) is 5.52 Å². The summed E-state index contributed by atoms with van der Waals surface area (Å²) >= 11 is 3.33. The average molecular weight is 256 g/mol. The number of nitrogen functional groups attached to an aromatic ring is 1. The van der Waals surface area contributed by atoms with Gasteiger partial charge in [-0.2, -0.15) is 0 Å². The van der Waals surface area contributed by atoms with E-state index in [0.717, 1.165) is 11.3 Å². The maximum absolute atomic E-state index is 5.78. The molecule has 6 heteroatoms. The normalized spacial score (nSPS) is 13.4. The Hall–Kier alpha value is -1.14. The number of rotatable bonds is 1. The van der Waals surface area contributed by atoms with Crippen LogP contribution in [0.4, 0.5) is 5.82 Å². The third-order valence-corrected chi connectivity index (χ3v) is 2.53. The van der Waals surface area contributed by atoms with E-state index >= 15 is 0 Å². The predicted octanol–water partition coefficient (Wildman–Crippen LogP) is 1.09. The molecule has 0 aliphatic heterocycles. The van der Waals surface area contributed by atoms with Gasteiger partial charge in [-0.25, -0.2) is 9.97 Å². The molecule has 0 aliphatic carbocycles. The van der Waals surface area contributed by atoms with Crippen molar-refractivity contribution in [2.45, 2.75) is 13.0 Å². The van der Waals surface area contributed by atoms with Crippen molar-refractivity contribution in [1.29, 1.82) is 0 Å². The quantitative estimate of drug-likeness (QED) is 0.800. The molecule has 0 amide bonds. The van der Waals surface area contributed by atoms with Gasteiger partial charge < -0.3 is 11.5 Å². The molecule has 14 heavy (non-hydrogen) atoms. The molecule has 0 spiro atoms. The topological polar surface area (TPSA) is 82.2 Å². The van der Waals surface area contributed by atoms with Gasteiger partial charge in [0.05, 0.1) is 6.04 Å². The Balaban J connectivity index is 2.84. The van der Waals surface area contributed by atoms with Crippen molar-refractivity contribution in [1.82, 2.24) is 14.4 Å². The molecule has 5 nitrogen and oxygen atoms in total. The molecule has 0 fully saturated rings. The Bertz CT molecular complexity index is 476. The summed E-state index contributed by atoms with van der Waals surface area (Å²) in [5, 5.41) is 0. The van der Waals surface area contributed by atoms with Crippen LogP contribution in [0.15, 0.2) is 17.0 Å². The van der Waals surface area contributed by atoms with Crippen molar-refractivity contribution in [3.8, 4) is 0 Å². The Morgan fingerprint density at radius 2 is 2.29 bits per heavy atom. The van der Waals surface area contributed by atoms with Crippen molar-refractivity contribution in [3.05, 3.63) is 22.8 Å². The lowest BCUT2D eigenvalue weighted by atomic mass is 10.3. The van der Waals surface area contributed by atoms with Crippen LogP contribution in [0.2, 0.25) is 0 Å². The van der Waals surface area contributed by atoms with Gasteiger partial charge in [-0.15, -0.1) is 0 Å². The lowest BCUT2D eigenvalue weighted by Gasteiger charge is -2.03. The summed E-state index contributed by atoms with van der Waals surface area (Å²) in [5.74, 6) is 1.21. The van der Waals surface area contributed by atoms with Crippen LogP contribution in [0, 0.1) is 0 Å². The number of fused-ring (bicyclic) bond motifs is 1. The lowest BCUT2D eigenvalue weighted by molar-refractivity contribution is 0.734. The molecular weight excluding hydrogens is 246 g/mol. The van der Waals surface area contributed by atoms with E-state index < -0.39 is 0 Å². The van der Waals surface area contributed by atoms with Gasteiger partial charge in [0.25, 0.3) is 0 Å². The second-order valence-electron chi connectivity index (χ2n) is 3.08. The van der Waals surface area contributed by atoms with Crippen LogP contribution in [0.3, 0.4) is 0 Å². The summed E-state index contributed by atoms with van der Waals surface area (Å²) in [7, 11) is 0. The van der Waals surface area contributed by atoms with E-state index in [9.17, 15) is 0 Å². The zero-order valence-electron chi connectivity index (χ0n) is 7.61. The van der Waals surface area contributed by atoms with E-state index in [-0.39, 0.29) is 6.04 Å². The zero-order chi connectivity index (χ0) is 10.3. The third-order valence-electron chi connectivity index (χ3n) is 1.98. The number of hydrogen-bond donors (Lipinski definition) is 2. The van der Waals surface area contributed by atoms with Crippen LogP contribution < -0.4 is 11.5 Å². The fraction of sp³-hybridized carbons (Fsp3) is 0.250. The molecular formula is C8H10BrN5. The van der Waals surface area contributed by atoms with E-state index in [1.165, 1.54) is 0 Å². The van der Waals surface area contributed by atoms with Crippen LogP contribution in [-0.4, -0.2) is 14.4 Å². The van der Waals surface area contributed by atoms with Gasteiger partial charge in [-0.05, 0) is 22.9 Å². The van der Waals surface area contributed by atoms with Crippen LogP contribution in [-0.2, 0) is 0 Å². The van der Waals surface area contributed by atoms with Gasteiger partial charge in [0, 0.05) is 12.4 Å². The monoisotopic (exact) mass is 255 g/mol. The minimum atomic E-state index is -0.143. The minimum Gasteiger partial charge on any atom is -0.382 e. The van der Waals surface area contributed by atoms with Crippen molar-refractivity contribution >= 4 is 27.3 Å². The zero-order valence-corrected chi connectivity index (χ0v) is 9.19. The molecule has 0 aliphatic rings. The SMILES string of the molecule is CC(N)c1nc(Br)c2c(N)nccn12. The van der Waals surface area contributed by atoms with Gasteiger partial charge in [-0.3, -0.25) is 4.40 Å². The van der Waals surface area contributed by atoms with Crippen molar-refractivity contribution < 1.29 is 0 Å². The largest absolute Gasteiger partial charge is 0.382 e. The Labute approximate surface area is 89.3 Å². The number of imidazole rings is 1.